The molecule has 0 bridgehead atoms. The molecule has 0 radical (unpaired) electrons. The highest BCUT2D eigenvalue weighted by atomic mass is 16.2. The Morgan fingerprint density at radius 2 is 1.75 bits per heavy atom. The Kier molecular flexibility index (Phi) is 4.53. The van der Waals surface area contributed by atoms with Gasteiger partial charge in [-0.25, -0.2) is 4.68 Å². The summed E-state index contributed by atoms with van der Waals surface area (Å²) in [5, 5.41) is 4.90. The van der Waals surface area contributed by atoms with Crippen molar-refractivity contribution in [3.8, 4) is 5.69 Å². The van der Waals surface area contributed by atoms with Crippen LogP contribution in [-0.4, -0.2) is 32.2 Å². The molecule has 6 heteroatoms. The van der Waals surface area contributed by atoms with Crippen LogP contribution in [0.25, 0.3) is 16.6 Å². The summed E-state index contributed by atoms with van der Waals surface area (Å²) in [6.45, 7) is 0.363. The summed E-state index contributed by atoms with van der Waals surface area (Å²) >= 11 is 0. The third kappa shape index (κ3) is 3.20. The van der Waals surface area contributed by atoms with Gasteiger partial charge in [0.15, 0.2) is 0 Å². The van der Waals surface area contributed by atoms with E-state index in [1.807, 2.05) is 60.3 Å². The monoisotopic (exact) mass is 372 g/mol. The van der Waals surface area contributed by atoms with Crippen molar-refractivity contribution in [2.75, 3.05) is 7.05 Å². The lowest BCUT2D eigenvalue weighted by molar-refractivity contribution is 0.0783. The van der Waals surface area contributed by atoms with E-state index in [9.17, 15) is 9.59 Å². The van der Waals surface area contributed by atoms with Crippen LogP contribution in [0.5, 0.6) is 0 Å². The van der Waals surface area contributed by atoms with Crippen LogP contribution >= 0.6 is 0 Å². The Morgan fingerprint density at radius 1 is 1.04 bits per heavy atom. The smallest absolute Gasteiger partial charge is 0.259 e. The maximum absolute atomic E-state index is 12.9. The molecular weight excluding hydrogens is 352 g/mol. The Hall–Kier alpha value is -3.67. The number of nitrogens with zero attached hydrogens (tertiary/aromatic N) is 4. The van der Waals surface area contributed by atoms with E-state index >= 15 is 0 Å². The van der Waals surface area contributed by atoms with Gasteiger partial charge in [0.2, 0.25) is 5.43 Å². The number of pyridine rings is 1. The number of hydrogen-bond acceptors (Lipinski definition) is 3. The number of benzene rings is 2. The summed E-state index contributed by atoms with van der Waals surface area (Å²) in [5.41, 5.74) is 2.56. The zero-order valence-corrected chi connectivity index (χ0v) is 15.7. The van der Waals surface area contributed by atoms with Crippen LogP contribution in [-0.2, 0) is 13.6 Å². The normalized spacial score (nSPS) is 10.9. The van der Waals surface area contributed by atoms with E-state index in [0.717, 1.165) is 16.8 Å². The molecule has 0 unspecified atom stereocenters. The lowest BCUT2D eigenvalue weighted by Crippen LogP contribution is -2.31. The number of carbonyl (C=O) groups excluding carboxylic acids is 1. The van der Waals surface area contributed by atoms with Gasteiger partial charge in [-0.05, 0) is 24.3 Å². The van der Waals surface area contributed by atoms with Crippen LogP contribution in [0.2, 0.25) is 0 Å². The van der Waals surface area contributed by atoms with E-state index in [1.54, 1.807) is 36.3 Å². The van der Waals surface area contributed by atoms with Crippen LogP contribution in [0, 0.1) is 0 Å². The molecule has 28 heavy (non-hydrogen) atoms. The minimum absolute atomic E-state index is 0.166. The zero-order valence-electron chi connectivity index (χ0n) is 15.7. The zero-order chi connectivity index (χ0) is 19.7. The van der Waals surface area contributed by atoms with Gasteiger partial charge < -0.3 is 9.47 Å². The number of rotatable bonds is 4. The van der Waals surface area contributed by atoms with Gasteiger partial charge in [0.1, 0.15) is 5.56 Å². The first-order valence-electron chi connectivity index (χ1n) is 8.97. The molecule has 0 saturated heterocycles. The Bertz CT molecular complexity index is 1210. The van der Waals surface area contributed by atoms with E-state index in [0.29, 0.717) is 11.9 Å². The van der Waals surface area contributed by atoms with Crippen molar-refractivity contribution in [2.24, 2.45) is 7.05 Å². The lowest BCUT2D eigenvalue weighted by Gasteiger charge is -2.17. The molecule has 4 rings (SSSR count). The van der Waals surface area contributed by atoms with E-state index in [2.05, 4.69) is 5.10 Å². The number of aromatic nitrogens is 3. The van der Waals surface area contributed by atoms with Gasteiger partial charge in [0.25, 0.3) is 5.91 Å². The predicted molar refractivity (Wildman–Crippen MR) is 109 cm³/mol. The molecule has 0 aliphatic carbocycles. The van der Waals surface area contributed by atoms with Gasteiger partial charge in [-0.2, -0.15) is 5.10 Å². The molecular formula is C22H20N4O2. The summed E-state index contributed by atoms with van der Waals surface area (Å²) in [5.74, 6) is -0.307. The average Bonchev–Trinajstić information content (AvgIpc) is 3.19. The number of hydrogen-bond donors (Lipinski definition) is 0. The standard InChI is InChI=1S/C22H20N4O2/c1-24-15-19(21(27)18-10-6-7-11-20(18)24)22(28)25(2)13-16-12-23-26(14-16)17-8-4-3-5-9-17/h3-12,14-15H,13H2,1-2H3. The highest BCUT2D eigenvalue weighted by Gasteiger charge is 2.18. The first-order valence-corrected chi connectivity index (χ1v) is 8.97. The molecule has 0 aliphatic heterocycles. The van der Waals surface area contributed by atoms with Crippen molar-refractivity contribution >= 4 is 16.8 Å². The van der Waals surface area contributed by atoms with Gasteiger partial charge in [-0.3, -0.25) is 9.59 Å². The number of amides is 1. The van der Waals surface area contributed by atoms with Crippen molar-refractivity contribution in [3.63, 3.8) is 0 Å². The highest BCUT2D eigenvalue weighted by Crippen LogP contribution is 2.13. The van der Waals surface area contributed by atoms with E-state index in [1.165, 1.54) is 4.90 Å². The van der Waals surface area contributed by atoms with Crippen molar-refractivity contribution < 1.29 is 4.79 Å². The van der Waals surface area contributed by atoms with Crippen LogP contribution < -0.4 is 5.43 Å². The molecule has 2 aromatic carbocycles. The average molecular weight is 372 g/mol. The summed E-state index contributed by atoms with van der Waals surface area (Å²) in [7, 11) is 3.53. The largest absolute Gasteiger partial charge is 0.350 e. The second kappa shape index (κ2) is 7.15. The second-order valence-electron chi connectivity index (χ2n) is 6.79. The molecule has 0 N–H and O–H groups in total. The van der Waals surface area contributed by atoms with Crippen molar-refractivity contribution in [1.82, 2.24) is 19.2 Å². The maximum Gasteiger partial charge on any atom is 0.259 e. The van der Waals surface area contributed by atoms with Crippen LogP contribution in [0.3, 0.4) is 0 Å². The van der Waals surface area contributed by atoms with Gasteiger partial charge >= 0.3 is 0 Å². The topological polar surface area (TPSA) is 60.1 Å². The first kappa shape index (κ1) is 17.7. The second-order valence-corrected chi connectivity index (χ2v) is 6.79. The molecule has 6 nitrogen and oxygen atoms in total. The molecule has 2 heterocycles. The molecule has 0 atom stereocenters. The fourth-order valence-electron chi connectivity index (χ4n) is 3.31. The molecule has 0 fully saturated rings. The minimum atomic E-state index is -0.307. The molecule has 0 spiro atoms. The van der Waals surface area contributed by atoms with Crippen molar-refractivity contribution in [3.05, 3.63) is 94.5 Å². The predicted octanol–water partition coefficient (Wildman–Crippen LogP) is 3.00. The third-order valence-electron chi connectivity index (χ3n) is 4.75. The molecule has 1 amide bonds. The van der Waals surface area contributed by atoms with Gasteiger partial charge in [-0.1, -0.05) is 30.3 Å². The van der Waals surface area contributed by atoms with Crippen LogP contribution in [0.1, 0.15) is 15.9 Å². The summed E-state index contributed by atoms with van der Waals surface area (Å²) in [4.78, 5) is 27.3. The SMILES string of the molecule is CN(Cc1cnn(-c2ccccc2)c1)C(=O)c1cn(C)c2ccccc2c1=O. The third-order valence-corrected chi connectivity index (χ3v) is 4.75. The van der Waals surface area contributed by atoms with Gasteiger partial charge in [-0.15, -0.1) is 0 Å². The summed E-state index contributed by atoms with van der Waals surface area (Å²) in [6.07, 6.45) is 5.23. The Balaban J connectivity index is 1.59. The number of aryl methyl sites for hydroxylation is 1. The molecule has 140 valence electrons. The van der Waals surface area contributed by atoms with Crippen molar-refractivity contribution in [1.29, 1.82) is 0 Å². The van der Waals surface area contributed by atoms with Crippen LogP contribution in [0.4, 0.5) is 0 Å². The lowest BCUT2D eigenvalue weighted by atomic mass is 10.1. The van der Waals surface area contributed by atoms with E-state index < -0.39 is 0 Å². The van der Waals surface area contributed by atoms with Crippen LogP contribution in [0.15, 0.2) is 78.0 Å². The number of carbonyl (C=O) groups is 1. The molecule has 4 aromatic rings. The minimum Gasteiger partial charge on any atom is -0.350 e. The highest BCUT2D eigenvalue weighted by molar-refractivity contribution is 5.97. The van der Waals surface area contributed by atoms with E-state index in [-0.39, 0.29) is 16.9 Å². The first-order chi connectivity index (χ1) is 13.5. The van der Waals surface area contributed by atoms with Gasteiger partial charge in [0, 0.05) is 44.0 Å². The van der Waals surface area contributed by atoms with Gasteiger partial charge in [0.05, 0.1) is 17.4 Å². The fraction of sp³-hybridized carbons (Fsp3) is 0.136. The molecule has 0 aliphatic rings. The number of fused-ring (bicyclic) bond motifs is 1. The van der Waals surface area contributed by atoms with E-state index in [4.69, 9.17) is 0 Å². The van der Waals surface area contributed by atoms with Crippen molar-refractivity contribution in [2.45, 2.75) is 6.54 Å². The number of para-hydroxylation sites is 2. The summed E-state index contributed by atoms with van der Waals surface area (Å²) in [6, 6.07) is 17.1. The molecule has 0 saturated carbocycles. The molecule has 2 aromatic heterocycles. The fourth-order valence-corrected chi connectivity index (χ4v) is 3.31. The quantitative estimate of drug-likeness (QED) is 0.553. The Morgan fingerprint density at radius 3 is 2.54 bits per heavy atom. The Labute approximate surface area is 162 Å². The maximum atomic E-state index is 12.9. The summed E-state index contributed by atoms with van der Waals surface area (Å²) < 4.78 is 3.58.